The van der Waals surface area contributed by atoms with E-state index in [0.717, 1.165) is 35.7 Å². The van der Waals surface area contributed by atoms with Crippen molar-refractivity contribution < 1.29 is 9.53 Å². The molecule has 1 amide bonds. The van der Waals surface area contributed by atoms with E-state index in [1.807, 2.05) is 41.0 Å². The summed E-state index contributed by atoms with van der Waals surface area (Å²) in [6, 6.07) is 16.3. The predicted molar refractivity (Wildman–Crippen MR) is 119 cm³/mol. The largest absolute Gasteiger partial charge is 0.495 e. The maximum absolute atomic E-state index is 12.4. The highest BCUT2D eigenvalue weighted by Gasteiger charge is 2.21. The highest BCUT2D eigenvalue weighted by Crippen LogP contribution is 2.32. The van der Waals surface area contributed by atoms with Gasteiger partial charge in [-0.25, -0.2) is 0 Å². The van der Waals surface area contributed by atoms with Gasteiger partial charge in [-0.3, -0.25) is 9.36 Å². The standard InChI is InChI=1S/C23H26N4O2S/c1-16-11-13-17(14-12-16)22-25-26-23(27(22)19-9-5-6-10-20(19)29-2)30-15-21(28)24-18-7-3-4-8-18/h5-6,9-14,18H,3-4,7-8,15H2,1-2H3,(H,24,28). The van der Waals surface area contributed by atoms with E-state index in [1.54, 1.807) is 7.11 Å². The van der Waals surface area contributed by atoms with Crippen LogP contribution in [-0.4, -0.2) is 39.6 Å². The minimum Gasteiger partial charge on any atom is -0.495 e. The Morgan fingerprint density at radius 2 is 1.87 bits per heavy atom. The fourth-order valence-electron chi connectivity index (χ4n) is 3.75. The number of carbonyl (C=O) groups excluding carboxylic acids is 1. The van der Waals surface area contributed by atoms with E-state index in [9.17, 15) is 4.79 Å². The lowest BCUT2D eigenvalue weighted by atomic mass is 10.1. The van der Waals surface area contributed by atoms with Crippen LogP contribution in [0.2, 0.25) is 0 Å². The van der Waals surface area contributed by atoms with Crippen molar-refractivity contribution in [3.8, 4) is 22.8 Å². The molecule has 1 heterocycles. The topological polar surface area (TPSA) is 69.0 Å². The number of nitrogens with one attached hydrogen (secondary N) is 1. The van der Waals surface area contributed by atoms with Gasteiger partial charge in [0.05, 0.1) is 18.6 Å². The van der Waals surface area contributed by atoms with E-state index in [0.29, 0.717) is 17.0 Å². The molecule has 1 fully saturated rings. The molecule has 3 aromatic rings. The summed E-state index contributed by atoms with van der Waals surface area (Å²) in [5.74, 6) is 1.79. The molecule has 0 saturated heterocycles. The second-order valence-corrected chi connectivity index (χ2v) is 8.46. The fourth-order valence-corrected chi connectivity index (χ4v) is 4.51. The number of aromatic nitrogens is 3. The highest BCUT2D eigenvalue weighted by atomic mass is 32.2. The van der Waals surface area contributed by atoms with Gasteiger partial charge in [-0.05, 0) is 31.9 Å². The van der Waals surface area contributed by atoms with Gasteiger partial charge in [0.15, 0.2) is 11.0 Å². The van der Waals surface area contributed by atoms with Gasteiger partial charge >= 0.3 is 0 Å². The third-order valence-corrected chi connectivity index (χ3v) is 6.25. The number of hydrogen-bond acceptors (Lipinski definition) is 5. The first-order valence-corrected chi connectivity index (χ1v) is 11.2. The summed E-state index contributed by atoms with van der Waals surface area (Å²) in [6.45, 7) is 2.05. The van der Waals surface area contributed by atoms with E-state index in [2.05, 4.69) is 34.6 Å². The molecule has 4 rings (SSSR count). The molecule has 30 heavy (non-hydrogen) atoms. The molecule has 1 aliphatic rings. The van der Waals surface area contributed by atoms with Crippen LogP contribution < -0.4 is 10.1 Å². The second-order valence-electron chi connectivity index (χ2n) is 7.52. The number of carbonyl (C=O) groups is 1. The van der Waals surface area contributed by atoms with Crippen LogP contribution in [0, 0.1) is 6.92 Å². The van der Waals surface area contributed by atoms with Crippen LogP contribution in [0.5, 0.6) is 5.75 Å². The number of ether oxygens (including phenoxy) is 1. The first-order chi connectivity index (χ1) is 14.7. The lowest BCUT2D eigenvalue weighted by Crippen LogP contribution is -2.33. The van der Waals surface area contributed by atoms with Gasteiger partial charge in [0.1, 0.15) is 5.75 Å². The second kappa shape index (κ2) is 9.34. The zero-order chi connectivity index (χ0) is 20.9. The minimum absolute atomic E-state index is 0.0402. The van der Waals surface area contributed by atoms with Gasteiger partial charge in [0, 0.05) is 11.6 Å². The molecule has 1 aromatic heterocycles. The molecule has 1 aliphatic carbocycles. The Kier molecular flexibility index (Phi) is 6.38. The SMILES string of the molecule is COc1ccccc1-n1c(SCC(=O)NC2CCCC2)nnc1-c1ccc(C)cc1. The molecule has 1 N–H and O–H groups in total. The van der Waals surface area contributed by atoms with Gasteiger partial charge in [0.2, 0.25) is 5.91 Å². The lowest BCUT2D eigenvalue weighted by molar-refractivity contribution is -0.119. The van der Waals surface area contributed by atoms with Crippen molar-refractivity contribution in [2.24, 2.45) is 0 Å². The first-order valence-electron chi connectivity index (χ1n) is 10.2. The van der Waals surface area contributed by atoms with Gasteiger partial charge < -0.3 is 10.1 Å². The van der Waals surface area contributed by atoms with Crippen molar-refractivity contribution in [3.63, 3.8) is 0 Å². The van der Waals surface area contributed by atoms with E-state index in [4.69, 9.17) is 4.74 Å². The summed E-state index contributed by atoms with van der Waals surface area (Å²) >= 11 is 1.39. The van der Waals surface area contributed by atoms with Crippen LogP contribution in [0.1, 0.15) is 31.2 Å². The smallest absolute Gasteiger partial charge is 0.230 e. The lowest BCUT2D eigenvalue weighted by Gasteiger charge is -2.14. The maximum Gasteiger partial charge on any atom is 0.230 e. The Hall–Kier alpha value is -2.80. The van der Waals surface area contributed by atoms with E-state index >= 15 is 0 Å². The Morgan fingerprint density at radius 1 is 1.13 bits per heavy atom. The Morgan fingerprint density at radius 3 is 2.60 bits per heavy atom. The normalized spacial score (nSPS) is 14.1. The van der Waals surface area contributed by atoms with Crippen molar-refractivity contribution in [2.45, 2.75) is 43.8 Å². The highest BCUT2D eigenvalue weighted by molar-refractivity contribution is 7.99. The van der Waals surface area contributed by atoms with E-state index in [1.165, 1.54) is 30.2 Å². The molecule has 0 radical (unpaired) electrons. The average molecular weight is 423 g/mol. The molecule has 6 nitrogen and oxygen atoms in total. The van der Waals surface area contributed by atoms with E-state index < -0.39 is 0 Å². The van der Waals surface area contributed by atoms with Crippen LogP contribution in [0.15, 0.2) is 53.7 Å². The van der Waals surface area contributed by atoms with Crippen molar-refractivity contribution in [2.75, 3.05) is 12.9 Å². The van der Waals surface area contributed by atoms with Gasteiger partial charge in [-0.15, -0.1) is 10.2 Å². The van der Waals surface area contributed by atoms with Crippen LogP contribution in [0.4, 0.5) is 0 Å². The first kappa shape index (κ1) is 20.5. The number of nitrogens with zero attached hydrogens (tertiary/aromatic N) is 3. The monoisotopic (exact) mass is 422 g/mol. The molecular weight excluding hydrogens is 396 g/mol. The molecular formula is C23H26N4O2S. The fraction of sp³-hybridized carbons (Fsp3) is 0.348. The van der Waals surface area contributed by atoms with Crippen LogP contribution in [0.3, 0.4) is 0 Å². The number of thioether (sulfide) groups is 1. The zero-order valence-corrected chi connectivity index (χ0v) is 18.1. The molecule has 7 heteroatoms. The molecule has 0 bridgehead atoms. The van der Waals surface area contributed by atoms with Crippen molar-refractivity contribution in [1.82, 2.24) is 20.1 Å². The zero-order valence-electron chi connectivity index (χ0n) is 17.3. The van der Waals surface area contributed by atoms with Gasteiger partial charge in [-0.1, -0.05) is 66.6 Å². The van der Waals surface area contributed by atoms with Crippen molar-refractivity contribution in [3.05, 3.63) is 54.1 Å². The van der Waals surface area contributed by atoms with Gasteiger partial charge in [0.25, 0.3) is 0 Å². The summed E-state index contributed by atoms with van der Waals surface area (Å²) in [6.07, 6.45) is 4.54. The maximum atomic E-state index is 12.4. The van der Waals surface area contributed by atoms with E-state index in [-0.39, 0.29) is 5.91 Å². The summed E-state index contributed by atoms with van der Waals surface area (Å²) in [4.78, 5) is 12.4. The Labute approximate surface area is 181 Å². The summed E-state index contributed by atoms with van der Waals surface area (Å²) in [7, 11) is 1.65. The summed E-state index contributed by atoms with van der Waals surface area (Å²) < 4.78 is 7.55. The number of hydrogen-bond donors (Lipinski definition) is 1. The number of rotatable bonds is 7. The number of para-hydroxylation sites is 2. The van der Waals surface area contributed by atoms with Crippen LogP contribution >= 0.6 is 11.8 Å². The van der Waals surface area contributed by atoms with Crippen molar-refractivity contribution in [1.29, 1.82) is 0 Å². The molecule has 1 saturated carbocycles. The van der Waals surface area contributed by atoms with Gasteiger partial charge in [-0.2, -0.15) is 0 Å². The van der Waals surface area contributed by atoms with Crippen LogP contribution in [-0.2, 0) is 4.79 Å². The third-order valence-electron chi connectivity index (χ3n) is 5.32. The third kappa shape index (κ3) is 4.51. The quantitative estimate of drug-likeness (QED) is 0.572. The molecule has 2 aromatic carbocycles. The molecule has 0 spiro atoms. The number of benzene rings is 2. The number of amides is 1. The molecule has 156 valence electrons. The average Bonchev–Trinajstić information content (AvgIpc) is 3.42. The Balaban J connectivity index is 1.64. The molecule has 0 aliphatic heterocycles. The number of methoxy groups -OCH3 is 1. The summed E-state index contributed by atoms with van der Waals surface area (Å²) in [5.41, 5.74) is 2.99. The predicted octanol–water partition coefficient (Wildman–Crippen LogP) is 4.40. The summed E-state index contributed by atoms with van der Waals surface area (Å²) in [5, 5.41) is 12.7. The molecule has 0 atom stereocenters. The van der Waals surface area contributed by atoms with Crippen LogP contribution in [0.25, 0.3) is 17.1 Å². The Bertz CT molecular complexity index is 1010. The molecule has 0 unspecified atom stereocenters. The van der Waals surface area contributed by atoms with Crippen molar-refractivity contribution >= 4 is 17.7 Å². The minimum atomic E-state index is 0.0402. The number of aryl methyl sites for hydroxylation is 1.